The number of sulfone groups is 1. The molecule has 9 heteroatoms. The van der Waals surface area contributed by atoms with Gasteiger partial charge in [0.25, 0.3) is 0 Å². The van der Waals surface area contributed by atoms with E-state index in [1.807, 2.05) is 0 Å². The van der Waals surface area contributed by atoms with Crippen LogP contribution in [0.2, 0.25) is 0 Å². The van der Waals surface area contributed by atoms with Gasteiger partial charge < -0.3 is 20.6 Å². The van der Waals surface area contributed by atoms with E-state index in [0.29, 0.717) is 12.3 Å². The fourth-order valence-electron chi connectivity index (χ4n) is 1.85. The predicted molar refractivity (Wildman–Crippen MR) is 68.3 cm³/mol. The molecule has 0 aromatic carbocycles. The van der Waals surface area contributed by atoms with Crippen molar-refractivity contribution in [2.24, 2.45) is 0 Å². The molecule has 1 unspecified atom stereocenters. The van der Waals surface area contributed by atoms with Gasteiger partial charge in [-0.3, -0.25) is 0 Å². The lowest BCUT2D eigenvalue weighted by Gasteiger charge is -2.32. The highest BCUT2D eigenvalue weighted by Gasteiger charge is 2.27. The Kier molecular flexibility index (Phi) is 3.67. The van der Waals surface area contributed by atoms with E-state index in [1.165, 1.54) is 18.4 Å². The highest BCUT2D eigenvalue weighted by molar-refractivity contribution is 7.91. The minimum atomic E-state index is -2.96. The van der Waals surface area contributed by atoms with Crippen molar-refractivity contribution in [1.82, 2.24) is 10.4 Å². The minimum absolute atomic E-state index is 0.0894. The van der Waals surface area contributed by atoms with Crippen LogP contribution in [0.15, 0.2) is 24.1 Å². The molecule has 1 atom stereocenters. The minimum Gasteiger partial charge on any atom is -0.610 e. The molecule has 0 saturated carbocycles. The average Bonchev–Trinajstić information content (AvgIpc) is 2.75. The molecule has 0 aliphatic carbocycles. The summed E-state index contributed by atoms with van der Waals surface area (Å²) in [6, 6.07) is -0.167. The van der Waals surface area contributed by atoms with Crippen molar-refractivity contribution in [2.45, 2.75) is 13.0 Å². The lowest BCUT2D eigenvalue weighted by atomic mass is 10.3. The molecule has 8 nitrogen and oxygen atoms in total. The van der Waals surface area contributed by atoms with E-state index in [-0.39, 0.29) is 23.4 Å². The highest BCUT2D eigenvalue weighted by Crippen LogP contribution is 2.12. The van der Waals surface area contributed by atoms with Gasteiger partial charge >= 0.3 is 5.90 Å². The van der Waals surface area contributed by atoms with Crippen molar-refractivity contribution >= 4 is 15.7 Å². The lowest BCUT2D eigenvalue weighted by Crippen LogP contribution is -2.51. The summed E-state index contributed by atoms with van der Waals surface area (Å²) in [5, 5.41) is 22.6. The third-order valence-electron chi connectivity index (χ3n) is 2.84. The molecule has 2 rings (SSSR count). The third-order valence-corrected chi connectivity index (χ3v) is 4.63. The van der Waals surface area contributed by atoms with Gasteiger partial charge in [0.05, 0.1) is 23.8 Å². The molecule has 0 aromatic heterocycles. The van der Waals surface area contributed by atoms with Gasteiger partial charge in [-0.05, 0) is 13.0 Å². The first-order valence-corrected chi connectivity index (χ1v) is 7.50. The van der Waals surface area contributed by atoms with Gasteiger partial charge in [-0.1, -0.05) is 0 Å². The molecular formula is C10H14N3O5S-. The van der Waals surface area contributed by atoms with Crippen LogP contribution in [0.5, 0.6) is 0 Å². The molecule has 1 fully saturated rings. The van der Waals surface area contributed by atoms with Gasteiger partial charge in [0, 0.05) is 12.6 Å². The second-order valence-corrected chi connectivity index (χ2v) is 6.59. The molecular weight excluding hydrogens is 274 g/mol. The molecule has 1 N–H and O–H groups in total. The molecule has 2 aliphatic rings. The topological polar surface area (TPSA) is 108 Å². The van der Waals surface area contributed by atoms with Crippen LogP contribution in [0.25, 0.3) is 0 Å². The molecule has 0 spiro atoms. The Morgan fingerprint density at radius 3 is 2.84 bits per heavy atom. The van der Waals surface area contributed by atoms with Crippen LogP contribution >= 0.6 is 0 Å². The molecule has 0 amide bonds. The van der Waals surface area contributed by atoms with Gasteiger partial charge in [0.15, 0.2) is 15.6 Å². The van der Waals surface area contributed by atoms with Crippen molar-refractivity contribution in [3.05, 3.63) is 34.5 Å². The van der Waals surface area contributed by atoms with Crippen molar-refractivity contribution in [1.29, 1.82) is 0 Å². The maximum Gasteiger partial charge on any atom is 0.391 e. The Hall–Kier alpha value is -1.74. The number of hydrogen-bond acceptors (Lipinski definition) is 7. The fraction of sp³-hybridized carbons (Fsp3) is 0.500. The summed E-state index contributed by atoms with van der Waals surface area (Å²) in [4.78, 5) is -0.618. The fourth-order valence-corrected chi connectivity index (χ4v) is 3.41. The quantitative estimate of drug-likeness (QED) is 0.536. The van der Waals surface area contributed by atoms with E-state index in [2.05, 4.69) is 5.43 Å². The molecule has 19 heavy (non-hydrogen) atoms. The monoisotopic (exact) mass is 288 g/mol. The lowest BCUT2D eigenvalue weighted by molar-refractivity contribution is -0.388. The summed E-state index contributed by atoms with van der Waals surface area (Å²) >= 11 is 0. The SMILES string of the molecule is CC1CS(=O)(=O)CCN1NC=C1C=CC(=[N+]([O-])[O-])O1. The van der Waals surface area contributed by atoms with E-state index >= 15 is 0 Å². The first kappa shape index (κ1) is 13.7. The Labute approximate surface area is 110 Å². The van der Waals surface area contributed by atoms with E-state index in [4.69, 9.17) is 4.74 Å². The van der Waals surface area contributed by atoms with Crippen LogP contribution in [0, 0.1) is 10.4 Å². The Balaban J connectivity index is 1.94. The molecule has 106 valence electrons. The maximum absolute atomic E-state index is 11.4. The van der Waals surface area contributed by atoms with Crippen molar-refractivity contribution in [3.63, 3.8) is 0 Å². The van der Waals surface area contributed by atoms with Gasteiger partial charge in [0.1, 0.15) is 0 Å². The summed E-state index contributed by atoms with van der Waals surface area (Å²) in [5.41, 5.74) is 2.91. The molecule has 1 saturated heterocycles. The van der Waals surface area contributed by atoms with Crippen molar-refractivity contribution in [2.75, 3.05) is 18.1 Å². The average molecular weight is 288 g/mol. The second-order valence-electron chi connectivity index (χ2n) is 4.36. The van der Waals surface area contributed by atoms with Crippen LogP contribution in [-0.2, 0) is 14.6 Å². The van der Waals surface area contributed by atoms with Crippen molar-refractivity contribution in [3.8, 4) is 0 Å². The van der Waals surface area contributed by atoms with Crippen LogP contribution < -0.4 is 5.43 Å². The van der Waals surface area contributed by atoms with E-state index in [9.17, 15) is 18.8 Å². The number of allylic oxidation sites excluding steroid dienone is 1. The molecule has 0 aromatic rings. The van der Waals surface area contributed by atoms with Crippen molar-refractivity contribution < 1.29 is 18.1 Å². The molecule has 0 radical (unpaired) electrons. The predicted octanol–water partition coefficient (Wildman–Crippen LogP) is -0.556. The standard InChI is InChI=1S/C10H14N3O5S/c1-8-7-19(16,17)5-4-12(8)11-6-9-2-3-10(18-9)13(14)15/h2-3,6,8,11H,4-5,7H2,1H3/q-1. The zero-order valence-corrected chi connectivity index (χ0v) is 11.1. The van der Waals surface area contributed by atoms with Crippen LogP contribution in [0.3, 0.4) is 0 Å². The largest absolute Gasteiger partial charge is 0.610 e. The van der Waals surface area contributed by atoms with Gasteiger partial charge in [0.2, 0.25) is 0 Å². The zero-order chi connectivity index (χ0) is 14.0. The number of nitrogens with zero attached hydrogens (tertiary/aromatic N) is 2. The number of hydrogen-bond donors (Lipinski definition) is 1. The molecule has 2 aliphatic heterocycles. The first-order valence-electron chi connectivity index (χ1n) is 5.68. The molecule has 2 heterocycles. The van der Waals surface area contributed by atoms with E-state index in [0.717, 1.165) is 0 Å². The third kappa shape index (κ3) is 3.38. The Morgan fingerprint density at radius 1 is 1.53 bits per heavy atom. The summed E-state index contributed by atoms with van der Waals surface area (Å²) in [6.07, 6.45) is 4.20. The Morgan fingerprint density at radius 2 is 2.26 bits per heavy atom. The maximum atomic E-state index is 11.4. The zero-order valence-electron chi connectivity index (χ0n) is 10.3. The second kappa shape index (κ2) is 5.10. The first-order chi connectivity index (χ1) is 8.87. The summed E-state index contributed by atoms with van der Waals surface area (Å²) in [5.74, 6) is 0.164. The van der Waals surface area contributed by atoms with Gasteiger partial charge in [-0.25, -0.2) is 13.4 Å². The smallest absolute Gasteiger partial charge is 0.391 e. The van der Waals surface area contributed by atoms with Gasteiger partial charge in [-0.15, -0.1) is 4.90 Å². The van der Waals surface area contributed by atoms with Crippen LogP contribution in [-0.4, -0.2) is 48.3 Å². The summed E-state index contributed by atoms with van der Waals surface area (Å²) in [6.45, 7) is 2.16. The number of hydrazine groups is 1. The molecule has 0 bridgehead atoms. The van der Waals surface area contributed by atoms with Crippen LogP contribution in [0.4, 0.5) is 0 Å². The van der Waals surface area contributed by atoms with Crippen LogP contribution in [0.1, 0.15) is 6.92 Å². The number of ether oxygens (including phenoxy) is 1. The van der Waals surface area contributed by atoms with E-state index in [1.54, 1.807) is 11.9 Å². The van der Waals surface area contributed by atoms with E-state index < -0.39 is 14.7 Å². The normalized spacial score (nSPS) is 28.4. The van der Waals surface area contributed by atoms with Gasteiger partial charge in [-0.2, -0.15) is 0 Å². The number of nitrogens with one attached hydrogen (secondary N) is 1. The summed E-state index contributed by atoms with van der Waals surface area (Å²) in [7, 11) is -2.96. The summed E-state index contributed by atoms with van der Waals surface area (Å²) < 4.78 is 27.8. The Bertz CT molecular complexity index is 548. The highest BCUT2D eigenvalue weighted by atomic mass is 32.2. The number of rotatable bonds is 2.